The predicted octanol–water partition coefficient (Wildman–Crippen LogP) is 8.40. The van der Waals surface area contributed by atoms with Crippen molar-refractivity contribution >= 4 is 22.4 Å². The van der Waals surface area contributed by atoms with E-state index in [1.165, 1.54) is 0 Å². The van der Waals surface area contributed by atoms with Crippen molar-refractivity contribution in [1.82, 2.24) is 0 Å². The van der Waals surface area contributed by atoms with Crippen LogP contribution >= 0.6 is 0 Å². The first kappa shape index (κ1) is 33.9. The number of unbranched alkanes of at least 4 members (excludes halogenated alkanes) is 2. The first-order valence-corrected chi connectivity index (χ1v) is 18.7. The van der Waals surface area contributed by atoms with E-state index in [-0.39, 0.29) is 34.2 Å². The van der Waals surface area contributed by atoms with Crippen molar-refractivity contribution in [3.63, 3.8) is 0 Å². The Kier molecular flexibility index (Phi) is 14.2. The van der Waals surface area contributed by atoms with Crippen molar-refractivity contribution in [3.8, 4) is 0 Å². The zero-order chi connectivity index (χ0) is 27.5. The van der Waals surface area contributed by atoms with Gasteiger partial charge in [-0.15, -0.1) is 13.2 Å². The summed E-state index contributed by atoms with van der Waals surface area (Å²) >= 11 is 0. The Morgan fingerprint density at radius 1 is 0.857 bits per heavy atom. The average molecular weight is 523 g/mol. The fourth-order valence-electron chi connectivity index (χ4n) is 2.94. The molecule has 6 heteroatoms. The summed E-state index contributed by atoms with van der Waals surface area (Å²) in [7, 11) is -2.59. The molecule has 0 rings (SSSR count). The maximum absolute atomic E-state index is 12.2. The van der Waals surface area contributed by atoms with Crippen LogP contribution in [0.15, 0.2) is 49.6 Å². The van der Waals surface area contributed by atoms with Crippen molar-refractivity contribution in [1.29, 1.82) is 0 Å². The fraction of sp³-hybridized carbons (Fsp3) is 0.690. The first-order chi connectivity index (χ1) is 15.9. The van der Waals surface area contributed by atoms with Crippen LogP contribution in [0.3, 0.4) is 0 Å². The second kappa shape index (κ2) is 14.6. The lowest BCUT2D eigenvalue weighted by atomic mass is 10.1. The van der Waals surface area contributed by atoms with Gasteiger partial charge in [-0.05, 0) is 61.6 Å². The summed E-state index contributed by atoms with van der Waals surface area (Å²) in [5, 5.41) is 0.0719. The van der Waals surface area contributed by atoms with E-state index >= 15 is 0 Å². The van der Waals surface area contributed by atoms with Crippen LogP contribution in [0.5, 0.6) is 0 Å². The van der Waals surface area contributed by atoms with E-state index < -0.39 is 16.6 Å². The topological polar surface area (TPSA) is 44.8 Å². The molecule has 4 nitrogen and oxygen atoms in total. The monoisotopic (exact) mass is 522 g/mol. The molecule has 0 radical (unpaired) electrons. The SMILES string of the molecule is C=CCCCCC(=O)/C=C/C=C/[C@H](O[Si](C)(C)C(C)(C)C)[C@H](O[Si](C)(C)C(C)(C)C)[C@H](C=C)OC. The van der Waals surface area contributed by atoms with Gasteiger partial charge in [0.25, 0.3) is 0 Å². The molecule has 0 saturated carbocycles. The first-order valence-electron chi connectivity index (χ1n) is 12.9. The van der Waals surface area contributed by atoms with Crippen molar-refractivity contribution < 1.29 is 18.4 Å². The van der Waals surface area contributed by atoms with Gasteiger partial charge in [-0.3, -0.25) is 4.79 Å². The molecule has 0 bridgehead atoms. The van der Waals surface area contributed by atoms with Crippen molar-refractivity contribution in [3.05, 3.63) is 49.6 Å². The minimum atomic E-state index is -2.14. The van der Waals surface area contributed by atoms with Crippen LogP contribution in [0.4, 0.5) is 0 Å². The highest BCUT2D eigenvalue weighted by Gasteiger charge is 2.45. The Bertz CT molecular complexity index is 724. The van der Waals surface area contributed by atoms with Gasteiger partial charge in [0, 0.05) is 13.5 Å². The number of hydrogen-bond acceptors (Lipinski definition) is 4. The van der Waals surface area contributed by atoms with Gasteiger partial charge in [0.2, 0.25) is 0 Å². The molecular formula is C29H54O4Si2. The second-order valence-electron chi connectivity index (χ2n) is 12.4. The van der Waals surface area contributed by atoms with E-state index in [9.17, 15) is 4.79 Å². The van der Waals surface area contributed by atoms with Crippen LogP contribution in [0.2, 0.25) is 36.3 Å². The molecule has 0 aromatic rings. The Morgan fingerprint density at radius 3 is 1.86 bits per heavy atom. The molecule has 0 aromatic heterocycles. The zero-order valence-corrected chi connectivity index (χ0v) is 26.6. The fourth-order valence-corrected chi connectivity index (χ4v) is 5.49. The maximum Gasteiger partial charge on any atom is 0.193 e. The summed E-state index contributed by atoms with van der Waals surface area (Å²) in [6.45, 7) is 30.1. The molecule has 202 valence electrons. The molecule has 0 heterocycles. The molecule has 0 saturated heterocycles. The molecule has 0 amide bonds. The number of rotatable bonds is 16. The molecule has 3 atom stereocenters. The molecule has 0 N–H and O–H groups in total. The summed E-state index contributed by atoms with van der Waals surface area (Å²) < 4.78 is 19.6. The number of hydrogen-bond donors (Lipinski definition) is 0. The molecule has 35 heavy (non-hydrogen) atoms. The largest absolute Gasteiger partial charge is 0.408 e. The lowest BCUT2D eigenvalue weighted by Crippen LogP contribution is -2.54. The lowest BCUT2D eigenvalue weighted by Gasteiger charge is -2.45. The van der Waals surface area contributed by atoms with E-state index in [0.717, 1.165) is 19.3 Å². The zero-order valence-electron chi connectivity index (χ0n) is 24.6. The van der Waals surface area contributed by atoms with Crippen molar-refractivity contribution in [2.45, 2.75) is 122 Å². The van der Waals surface area contributed by atoms with Gasteiger partial charge >= 0.3 is 0 Å². The summed E-state index contributed by atoms with van der Waals surface area (Å²) in [5.41, 5.74) is 0. The number of carbonyl (C=O) groups excluding carboxylic acids is 1. The third-order valence-corrected chi connectivity index (χ3v) is 16.3. The number of allylic oxidation sites excluding steroid dienone is 4. The van der Waals surface area contributed by atoms with Crippen molar-refractivity contribution in [2.24, 2.45) is 0 Å². The molecule has 0 aliphatic carbocycles. The van der Waals surface area contributed by atoms with Gasteiger partial charge in [-0.1, -0.05) is 71.9 Å². The Hall–Kier alpha value is -1.06. The highest BCUT2D eigenvalue weighted by Crippen LogP contribution is 2.41. The normalized spacial score (nSPS) is 16.4. The van der Waals surface area contributed by atoms with E-state index in [2.05, 4.69) is 80.9 Å². The third kappa shape index (κ3) is 11.7. The highest BCUT2D eigenvalue weighted by atomic mass is 28.4. The van der Waals surface area contributed by atoms with Crippen LogP contribution in [0.25, 0.3) is 0 Å². The molecule has 0 unspecified atom stereocenters. The van der Waals surface area contributed by atoms with Crippen LogP contribution in [-0.2, 0) is 18.4 Å². The van der Waals surface area contributed by atoms with Crippen LogP contribution in [-0.4, -0.2) is 47.8 Å². The third-order valence-electron chi connectivity index (χ3n) is 7.40. The van der Waals surface area contributed by atoms with Gasteiger partial charge < -0.3 is 13.6 Å². The molecule has 0 aliphatic heterocycles. The standard InChI is InChI=1S/C29H54O4Si2/c1-14-16-17-18-21-24(30)22-19-20-23-26(32-34(10,11)28(3,4)5)27(25(15-2)31-9)33-35(12,13)29(6,7)8/h14-15,19-20,22-23,25-27H,1-2,16-18,21H2,3-13H3/b22-19+,23-20+/t25-,26-,27+/m0/s1. The smallest absolute Gasteiger partial charge is 0.193 e. The Morgan fingerprint density at radius 2 is 1.40 bits per heavy atom. The Labute approximate surface area is 219 Å². The van der Waals surface area contributed by atoms with E-state index in [4.69, 9.17) is 13.6 Å². The highest BCUT2D eigenvalue weighted by molar-refractivity contribution is 6.74. The lowest BCUT2D eigenvalue weighted by molar-refractivity contribution is -0.114. The predicted molar refractivity (Wildman–Crippen MR) is 157 cm³/mol. The van der Waals surface area contributed by atoms with Crippen LogP contribution < -0.4 is 0 Å². The summed E-state index contributed by atoms with van der Waals surface area (Å²) in [4.78, 5) is 12.2. The van der Waals surface area contributed by atoms with Gasteiger partial charge in [0.1, 0.15) is 12.2 Å². The van der Waals surface area contributed by atoms with E-state index in [1.807, 2.05) is 24.3 Å². The number of ether oxygens (including phenoxy) is 1. The minimum Gasteiger partial charge on any atom is -0.408 e. The summed E-state index contributed by atoms with van der Waals surface area (Å²) in [6, 6.07) is 0. The van der Waals surface area contributed by atoms with E-state index in [1.54, 1.807) is 19.3 Å². The van der Waals surface area contributed by atoms with Gasteiger partial charge in [0.15, 0.2) is 22.4 Å². The quantitative estimate of drug-likeness (QED) is 0.0671. The minimum absolute atomic E-state index is 0.0356. The molecule has 0 aliphatic rings. The van der Waals surface area contributed by atoms with Crippen molar-refractivity contribution in [2.75, 3.05) is 7.11 Å². The van der Waals surface area contributed by atoms with Crippen LogP contribution in [0.1, 0.15) is 67.2 Å². The maximum atomic E-state index is 12.2. The number of carbonyl (C=O) groups is 1. The number of methoxy groups -OCH3 is 1. The summed E-state index contributed by atoms with van der Waals surface area (Å²) in [5.74, 6) is 0.135. The molecule has 0 spiro atoms. The molecular weight excluding hydrogens is 468 g/mol. The Balaban J connectivity index is 6.06. The summed E-state index contributed by atoms with van der Waals surface area (Å²) in [6.07, 6.45) is 13.5. The number of ketones is 1. The van der Waals surface area contributed by atoms with E-state index in [0.29, 0.717) is 6.42 Å². The van der Waals surface area contributed by atoms with Gasteiger partial charge in [-0.25, -0.2) is 0 Å². The molecule has 0 fully saturated rings. The molecule has 0 aromatic carbocycles. The van der Waals surface area contributed by atoms with Gasteiger partial charge in [-0.2, -0.15) is 0 Å². The van der Waals surface area contributed by atoms with Crippen LogP contribution in [0, 0.1) is 0 Å². The van der Waals surface area contributed by atoms with Gasteiger partial charge in [0.05, 0.1) is 6.10 Å². The second-order valence-corrected chi connectivity index (χ2v) is 21.9. The average Bonchev–Trinajstić information content (AvgIpc) is 2.71.